The Hall–Kier alpha value is -0.250. The number of aliphatic hydroxyl groups is 3. The largest absolute Gasteiger partial charge is 0.396 e. The molecule has 2 unspecified atom stereocenters. The molecule has 0 heterocycles. The summed E-state index contributed by atoms with van der Waals surface area (Å²) in [5, 5.41) is 24.6. The molecule has 0 aliphatic carbocycles. The van der Waals surface area contributed by atoms with E-state index in [9.17, 15) is 8.42 Å². The SMILES string of the molecule is NC(C(CO)C(CO)CO)S(=O)(=O)O. The van der Waals surface area contributed by atoms with Gasteiger partial charge in [0.2, 0.25) is 0 Å². The summed E-state index contributed by atoms with van der Waals surface area (Å²) in [5.74, 6) is -1.98. The van der Waals surface area contributed by atoms with Crippen molar-refractivity contribution in [2.75, 3.05) is 19.8 Å². The van der Waals surface area contributed by atoms with Crippen LogP contribution in [0.25, 0.3) is 0 Å². The zero-order valence-electron chi connectivity index (χ0n) is 7.44. The summed E-state index contributed by atoms with van der Waals surface area (Å²) in [6.07, 6.45) is 0. The summed E-state index contributed by atoms with van der Waals surface area (Å²) in [5.41, 5.74) is 5.14. The van der Waals surface area contributed by atoms with Crippen molar-refractivity contribution in [1.82, 2.24) is 0 Å². The minimum Gasteiger partial charge on any atom is -0.396 e. The first-order chi connectivity index (χ1) is 6.38. The van der Waals surface area contributed by atoms with Crippen LogP contribution in [-0.2, 0) is 10.1 Å². The van der Waals surface area contributed by atoms with E-state index in [1.54, 1.807) is 0 Å². The number of nitrogens with two attached hydrogens (primary N) is 1. The second-order valence-electron chi connectivity index (χ2n) is 2.95. The van der Waals surface area contributed by atoms with Crippen molar-refractivity contribution < 1.29 is 28.3 Å². The fraction of sp³-hybridized carbons (Fsp3) is 1.00. The molecule has 0 aromatic heterocycles. The van der Waals surface area contributed by atoms with Crippen LogP contribution in [0.2, 0.25) is 0 Å². The smallest absolute Gasteiger partial charge is 0.281 e. The van der Waals surface area contributed by atoms with Crippen molar-refractivity contribution in [3.05, 3.63) is 0 Å². The maximum atomic E-state index is 10.6. The molecule has 0 spiro atoms. The van der Waals surface area contributed by atoms with Gasteiger partial charge in [0.25, 0.3) is 10.1 Å². The molecule has 0 amide bonds. The standard InChI is InChI=1S/C6H15NO6S/c7-6(14(11,12)13)5(3-10)4(1-8)2-9/h4-6,8-10H,1-3,7H2,(H,11,12,13). The topological polar surface area (TPSA) is 141 Å². The summed E-state index contributed by atoms with van der Waals surface area (Å²) in [4.78, 5) is 0. The molecular weight excluding hydrogens is 214 g/mol. The van der Waals surface area contributed by atoms with E-state index >= 15 is 0 Å². The Labute approximate surface area is 81.9 Å². The molecule has 6 N–H and O–H groups in total. The predicted molar refractivity (Wildman–Crippen MR) is 47.8 cm³/mol. The van der Waals surface area contributed by atoms with E-state index in [0.717, 1.165) is 0 Å². The summed E-state index contributed by atoms with van der Waals surface area (Å²) >= 11 is 0. The van der Waals surface area contributed by atoms with Gasteiger partial charge in [-0.25, -0.2) is 0 Å². The van der Waals surface area contributed by atoms with Crippen molar-refractivity contribution in [1.29, 1.82) is 0 Å². The molecule has 2 atom stereocenters. The van der Waals surface area contributed by atoms with Gasteiger partial charge in [-0.3, -0.25) is 4.55 Å². The average Bonchev–Trinajstić information content (AvgIpc) is 2.11. The third-order valence-corrected chi connectivity index (χ3v) is 3.09. The molecule has 0 rings (SSSR count). The summed E-state index contributed by atoms with van der Waals surface area (Å²) < 4.78 is 29.8. The van der Waals surface area contributed by atoms with E-state index in [4.69, 9.17) is 25.6 Å². The van der Waals surface area contributed by atoms with Gasteiger partial charge in [-0.2, -0.15) is 8.42 Å². The van der Waals surface area contributed by atoms with Gasteiger partial charge in [0.1, 0.15) is 5.37 Å². The van der Waals surface area contributed by atoms with Crippen LogP contribution in [0.5, 0.6) is 0 Å². The second kappa shape index (κ2) is 5.59. The van der Waals surface area contributed by atoms with Gasteiger partial charge in [0, 0.05) is 31.7 Å². The fourth-order valence-electron chi connectivity index (χ4n) is 1.07. The Morgan fingerprint density at radius 3 is 1.71 bits per heavy atom. The minimum absolute atomic E-state index is 0.523. The highest BCUT2D eigenvalue weighted by Gasteiger charge is 2.33. The highest BCUT2D eigenvalue weighted by atomic mass is 32.2. The number of rotatable bonds is 6. The molecule has 0 aromatic rings. The molecule has 14 heavy (non-hydrogen) atoms. The number of hydrogen-bond donors (Lipinski definition) is 5. The van der Waals surface area contributed by atoms with Gasteiger partial charge in [-0.1, -0.05) is 0 Å². The van der Waals surface area contributed by atoms with Gasteiger partial charge in [-0.15, -0.1) is 0 Å². The summed E-state index contributed by atoms with van der Waals surface area (Å²) in [6, 6.07) is 0. The van der Waals surface area contributed by atoms with E-state index in [2.05, 4.69) is 0 Å². The lowest BCUT2D eigenvalue weighted by molar-refractivity contribution is 0.0704. The van der Waals surface area contributed by atoms with Crippen molar-refractivity contribution in [3.8, 4) is 0 Å². The van der Waals surface area contributed by atoms with Gasteiger partial charge in [0.05, 0.1) is 0 Å². The van der Waals surface area contributed by atoms with Gasteiger partial charge in [-0.05, 0) is 0 Å². The Balaban J connectivity index is 4.71. The molecule has 7 nitrogen and oxygen atoms in total. The average molecular weight is 229 g/mol. The lowest BCUT2D eigenvalue weighted by atomic mass is 9.94. The lowest BCUT2D eigenvalue weighted by Gasteiger charge is -2.25. The quantitative estimate of drug-likeness (QED) is 0.314. The zero-order chi connectivity index (χ0) is 11.4. The molecule has 86 valence electrons. The highest BCUT2D eigenvalue weighted by Crippen LogP contribution is 2.16. The molecule has 0 fully saturated rings. The van der Waals surface area contributed by atoms with E-state index < -0.39 is 47.1 Å². The Morgan fingerprint density at radius 2 is 1.50 bits per heavy atom. The second-order valence-corrected chi connectivity index (χ2v) is 4.53. The minimum atomic E-state index is -4.48. The molecule has 8 heteroatoms. The van der Waals surface area contributed by atoms with Crippen LogP contribution in [0.15, 0.2) is 0 Å². The highest BCUT2D eigenvalue weighted by molar-refractivity contribution is 7.86. The first kappa shape index (κ1) is 13.8. The van der Waals surface area contributed by atoms with Crippen LogP contribution < -0.4 is 5.73 Å². The summed E-state index contributed by atoms with van der Waals surface area (Å²) in [7, 11) is -4.48. The lowest BCUT2D eigenvalue weighted by Crippen LogP contribution is -2.45. The van der Waals surface area contributed by atoms with Gasteiger partial charge >= 0.3 is 0 Å². The summed E-state index contributed by atoms with van der Waals surface area (Å²) in [6.45, 7) is -1.69. The molecule has 0 saturated carbocycles. The first-order valence-electron chi connectivity index (χ1n) is 3.93. The maximum Gasteiger partial charge on any atom is 0.281 e. The molecular formula is C6H15NO6S. The van der Waals surface area contributed by atoms with Crippen LogP contribution in [0.3, 0.4) is 0 Å². The third kappa shape index (κ3) is 3.48. The van der Waals surface area contributed by atoms with Crippen molar-refractivity contribution in [3.63, 3.8) is 0 Å². The van der Waals surface area contributed by atoms with Crippen LogP contribution >= 0.6 is 0 Å². The zero-order valence-corrected chi connectivity index (χ0v) is 8.26. The molecule has 0 aliphatic rings. The van der Waals surface area contributed by atoms with Crippen molar-refractivity contribution in [2.24, 2.45) is 17.6 Å². The fourth-order valence-corrected chi connectivity index (χ4v) is 1.82. The molecule has 0 aromatic carbocycles. The Bertz CT molecular complexity index is 249. The van der Waals surface area contributed by atoms with Crippen LogP contribution in [-0.4, -0.2) is 53.5 Å². The van der Waals surface area contributed by atoms with E-state index in [0.29, 0.717) is 0 Å². The van der Waals surface area contributed by atoms with Gasteiger partial charge < -0.3 is 21.1 Å². The number of aliphatic hydroxyl groups excluding tert-OH is 3. The molecule has 0 bridgehead atoms. The van der Waals surface area contributed by atoms with Crippen molar-refractivity contribution in [2.45, 2.75) is 5.37 Å². The first-order valence-corrected chi connectivity index (χ1v) is 5.43. The van der Waals surface area contributed by atoms with Crippen LogP contribution in [0, 0.1) is 11.8 Å². The normalized spacial score (nSPS) is 17.0. The number of hydrogen-bond acceptors (Lipinski definition) is 6. The van der Waals surface area contributed by atoms with Crippen molar-refractivity contribution >= 4 is 10.1 Å². The monoisotopic (exact) mass is 229 g/mol. The molecule has 0 saturated heterocycles. The molecule has 0 radical (unpaired) electrons. The van der Waals surface area contributed by atoms with Crippen LogP contribution in [0.4, 0.5) is 0 Å². The van der Waals surface area contributed by atoms with Gasteiger partial charge in [0.15, 0.2) is 0 Å². The predicted octanol–water partition coefficient (Wildman–Crippen LogP) is -2.63. The van der Waals surface area contributed by atoms with Crippen LogP contribution in [0.1, 0.15) is 0 Å². The van der Waals surface area contributed by atoms with E-state index in [1.165, 1.54) is 0 Å². The van der Waals surface area contributed by atoms with E-state index in [1.807, 2.05) is 0 Å². The Morgan fingerprint density at radius 1 is 1.07 bits per heavy atom. The third-order valence-electron chi connectivity index (χ3n) is 2.05. The molecule has 0 aliphatic heterocycles. The Kier molecular flexibility index (Phi) is 5.49. The maximum absolute atomic E-state index is 10.6. The van der Waals surface area contributed by atoms with E-state index in [-0.39, 0.29) is 0 Å².